The summed E-state index contributed by atoms with van der Waals surface area (Å²) in [5, 5.41) is 0. The Morgan fingerprint density at radius 2 is 2.05 bits per heavy atom. The Kier molecular flexibility index (Phi) is 5.20. The van der Waals surface area contributed by atoms with E-state index in [0.29, 0.717) is 25.9 Å². The second-order valence-electron chi connectivity index (χ2n) is 6.27. The molecule has 5 nitrogen and oxygen atoms in total. The van der Waals surface area contributed by atoms with E-state index in [9.17, 15) is 9.59 Å². The molecule has 1 fully saturated rings. The minimum Gasteiger partial charge on any atom is -0.469 e. The van der Waals surface area contributed by atoms with Crippen LogP contribution < -0.4 is 0 Å². The maximum absolute atomic E-state index is 12.1. The zero-order chi connectivity index (χ0) is 15.4. The smallest absolute Gasteiger partial charge is 0.410 e. The molecule has 0 radical (unpaired) electrons. The molecule has 1 atom stereocenters. The van der Waals surface area contributed by atoms with Crippen LogP contribution in [-0.2, 0) is 14.3 Å². The number of rotatable bonds is 3. The van der Waals surface area contributed by atoms with E-state index in [-0.39, 0.29) is 12.1 Å². The van der Waals surface area contributed by atoms with Crippen LogP contribution in [0, 0.1) is 5.41 Å². The fourth-order valence-corrected chi connectivity index (χ4v) is 2.52. The van der Waals surface area contributed by atoms with Gasteiger partial charge in [0.25, 0.3) is 0 Å². The first-order chi connectivity index (χ1) is 9.24. The van der Waals surface area contributed by atoms with Crippen LogP contribution in [0.4, 0.5) is 4.79 Å². The van der Waals surface area contributed by atoms with Crippen LogP contribution in [0.5, 0.6) is 0 Å². The summed E-state index contributed by atoms with van der Waals surface area (Å²) in [7, 11) is 1.37. The highest BCUT2D eigenvalue weighted by atomic mass is 16.6. The molecule has 0 saturated carbocycles. The Bertz CT molecular complexity index is 386. The molecule has 1 amide bonds. The lowest BCUT2D eigenvalue weighted by molar-refractivity contribution is -0.155. The topological polar surface area (TPSA) is 55.8 Å². The highest BCUT2D eigenvalue weighted by Gasteiger charge is 2.44. The molecule has 0 aromatic carbocycles. The van der Waals surface area contributed by atoms with Gasteiger partial charge in [0, 0.05) is 13.1 Å². The maximum Gasteiger partial charge on any atom is 0.410 e. The molecule has 0 aliphatic carbocycles. The quantitative estimate of drug-likeness (QED) is 0.590. The number of ether oxygens (including phenoxy) is 2. The monoisotopic (exact) mass is 283 g/mol. The average Bonchev–Trinajstić information content (AvgIpc) is 2.36. The van der Waals surface area contributed by atoms with Gasteiger partial charge in [0.1, 0.15) is 5.60 Å². The molecular formula is C15H25NO4. The van der Waals surface area contributed by atoms with Crippen molar-refractivity contribution in [3.05, 3.63) is 12.7 Å². The van der Waals surface area contributed by atoms with Crippen LogP contribution >= 0.6 is 0 Å². The Balaban J connectivity index is 2.85. The van der Waals surface area contributed by atoms with E-state index in [1.54, 1.807) is 11.0 Å². The number of allylic oxidation sites excluding steroid dienone is 1. The summed E-state index contributed by atoms with van der Waals surface area (Å²) >= 11 is 0. The number of likely N-dealkylation sites (tertiary alicyclic amines) is 1. The number of piperidine rings is 1. The molecule has 5 heteroatoms. The number of hydrogen-bond donors (Lipinski definition) is 0. The predicted octanol–water partition coefficient (Wildman–Crippen LogP) is 2.75. The molecule has 1 saturated heterocycles. The minimum absolute atomic E-state index is 0.286. The van der Waals surface area contributed by atoms with Gasteiger partial charge in [0.2, 0.25) is 0 Å². The summed E-state index contributed by atoms with van der Waals surface area (Å²) in [6, 6.07) is 0. The number of hydrogen-bond acceptors (Lipinski definition) is 4. The number of nitrogens with zero attached hydrogens (tertiary/aromatic N) is 1. The summed E-state index contributed by atoms with van der Waals surface area (Å²) < 4.78 is 10.3. The van der Waals surface area contributed by atoms with Gasteiger partial charge in [-0.15, -0.1) is 6.58 Å². The zero-order valence-electron chi connectivity index (χ0n) is 12.9. The maximum atomic E-state index is 12.1. The van der Waals surface area contributed by atoms with E-state index in [0.717, 1.165) is 6.42 Å². The van der Waals surface area contributed by atoms with Gasteiger partial charge in [-0.3, -0.25) is 4.79 Å². The molecule has 1 rings (SSSR count). The first-order valence-electron chi connectivity index (χ1n) is 6.91. The molecule has 0 N–H and O–H groups in total. The van der Waals surface area contributed by atoms with Gasteiger partial charge in [-0.05, 0) is 40.0 Å². The Morgan fingerprint density at radius 3 is 2.55 bits per heavy atom. The highest BCUT2D eigenvalue weighted by molar-refractivity contribution is 5.79. The van der Waals surface area contributed by atoms with E-state index in [2.05, 4.69) is 6.58 Å². The SMILES string of the molecule is C=CC[C@]1(C(=O)OC)CCCN(C(=O)OC(C)(C)C)C1. The van der Waals surface area contributed by atoms with Crippen LogP contribution in [0.15, 0.2) is 12.7 Å². The predicted molar refractivity (Wildman–Crippen MR) is 76.3 cm³/mol. The fraction of sp³-hybridized carbons (Fsp3) is 0.733. The van der Waals surface area contributed by atoms with Crippen molar-refractivity contribution >= 4 is 12.1 Å². The number of methoxy groups -OCH3 is 1. The Morgan fingerprint density at radius 1 is 1.40 bits per heavy atom. The molecule has 20 heavy (non-hydrogen) atoms. The normalized spacial score (nSPS) is 23.1. The third-order valence-electron chi connectivity index (χ3n) is 3.38. The number of carbonyl (C=O) groups excluding carboxylic acids is 2. The van der Waals surface area contributed by atoms with E-state index < -0.39 is 11.0 Å². The zero-order valence-corrected chi connectivity index (χ0v) is 12.9. The van der Waals surface area contributed by atoms with Gasteiger partial charge in [-0.25, -0.2) is 4.79 Å². The third-order valence-corrected chi connectivity index (χ3v) is 3.38. The molecular weight excluding hydrogens is 258 g/mol. The molecule has 0 spiro atoms. The van der Waals surface area contributed by atoms with Crippen LogP contribution in [0.3, 0.4) is 0 Å². The van der Waals surface area contributed by atoms with Crippen molar-refractivity contribution in [2.24, 2.45) is 5.41 Å². The van der Waals surface area contributed by atoms with Crippen molar-refractivity contribution in [2.75, 3.05) is 20.2 Å². The second-order valence-corrected chi connectivity index (χ2v) is 6.27. The van der Waals surface area contributed by atoms with Gasteiger partial charge >= 0.3 is 12.1 Å². The second kappa shape index (κ2) is 6.29. The first kappa shape index (κ1) is 16.5. The van der Waals surface area contributed by atoms with E-state index in [4.69, 9.17) is 9.47 Å². The van der Waals surface area contributed by atoms with Gasteiger partial charge < -0.3 is 14.4 Å². The van der Waals surface area contributed by atoms with Crippen molar-refractivity contribution in [3.63, 3.8) is 0 Å². The average molecular weight is 283 g/mol. The lowest BCUT2D eigenvalue weighted by Gasteiger charge is -2.40. The molecule has 0 aromatic rings. The standard InChI is InChI=1S/C15H25NO4/c1-6-8-15(12(17)19-5)9-7-10-16(11-15)13(18)20-14(2,3)4/h6H,1,7-11H2,2-5H3/t15-/m0/s1. The first-order valence-corrected chi connectivity index (χ1v) is 6.91. The number of amides is 1. The lowest BCUT2D eigenvalue weighted by Crippen LogP contribution is -2.51. The van der Waals surface area contributed by atoms with Gasteiger partial charge in [-0.2, -0.15) is 0 Å². The molecule has 0 bridgehead atoms. The van der Waals surface area contributed by atoms with Crippen molar-refractivity contribution in [1.82, 2.24) is 4.90 Å². The van der Waals surface area contributed by atoms with Crippen LogP contribution in [0.2, 0.25) is 0 Å². The van der Waals surface area contributed by atoms with Gasteiger partial charge in [-0.1, -0.05) is 6.08 Å². The molecule has 1 heterocycles. The molecule has 1 aliphatic rings. The van der Waals surface area contributed by atoms with Crippen molar-refractivity contribution in [3.8, 4) is 0 Å². The summed E-state index contributed by atoms with van der Waals surface area (Å²) in [5.74, 6) is -0.286. The van der Waals surface area contributed by atoms with E-state index in [1.165, 1.54) is 7.11 Å². The number of esters is 1. The largest absolute Gasteiger partial charge is 0.469 e. The Labute approximate surface area is 120 Å². The minimum atomic E-state index is -0.689. The lowest BCUT2D eigenvalue weighted by atomic mass is 9.77. The van der Waals surface area contributed by atoms with E-state index >= 15 is 0 Å². The van der Waals surface area contributed by atoms with Crippen molar-refractivity contribution in [1.29, 1.82) is 0 Å². The molecule has 0 unspecified atom stereocenters. The number of carbonyl (C=O) groups is 2. The van der Waals surface area contributed by atoms with Gasteiger partial charge in [0.05, 0.1) is 12.5 Å². The van der Waals surface area contributed by atoms with Crippen LogP contribution in [0.1, 0.15) is 40.0 Å². The molecule has 0 aromatic heterocycles. The van der Waals surface area contributed by atoms with Gasteiger partial charge in [0.15, 0.2) is 0 Å². The van der Waals surface area contributed by atoms with Crippen LogP contribution in [0.25, 0.3) is 0 Å². The highest BCUT2D eigenvalue weighted by Crippen LogP contribution is 2.35. The summed E-state index contributed by atoms with van der Waals surface area (Å²) in [5.41, 5.74) is -1.23. The summed E-state index contributed by atoms with van der Waals surface area (Å²) in [6.45, 7) is 10.1. The van der Waals surface area contributed by atoms with Crippen molar-refractivity contribution < 1.29 is 19.1 Å². The molecule has 1 aliphatic heterocycles. The third kappa shape index (κ3) is 3.99. The summed E-state index contributed by atoms with van der Waals surface area (Å²) in [4.78, 5) is 25.8. The Hall–Kier alpha value is -1.52. The van der Waals surface area contributed by atoms with E-state index in [1.807, 2.05) is 20.8 Å². The molecule has 114 valence electrons. The van der Waals surface area contributed by atoms with Crippen molar-refractivity contribution in [2.45, 2.75) is 45.6 Å². The fourth-order valence-electron chi connectivity index (χ4n) is 2.52. The van der Waals surface area contributed by atoms with Crippen LogP contribution in [-0.4, -0.2) is 42.8 Å². The summed E-state index contributed by atoms with van der Waals surface area (Å²) in [6.07, 6.45) is 3.27.